The Morgan fingerprint density at radius 3 is 2.36 bits per heavy atom. The Labute approximate surface area is 189 Å². The lowest BCUT2D eigenvalue weighted by molar-refractivity contribution is -0.130. The van der Waals surface area contributed by atoms with Crippen LogP contribution >= 0.6 is 0 Å². The van der Waals surface area contributed by atoms with Gasteiger partial charge in [-0.1, -0.05) is 30.3 Å². The summed E-state index contributed by atoms with van der Waals surface area (Å²) in [5, 5.41) is 5.80. The number of benzene rings is 2. The average molecular weight is 451 g/mol. The maximum Gasteiger partial charge on any atom is 0.336 e. The van der Waals surface area contributed by atoms with Crippen LogP contribution in [0.4, 0.5) is 0 Å². The maximum atomic E-state index is 13.0. The number of nitrogens with one attached hydrogen (secondary N) is 2. The molecule has 1 aromatic heterocycles. The number of carbonyl (C=O) groups is 3. The van der Waals surface area contributed by atoms with Crippen molar-refractivity contribution >= 4 is 28.7 Å². The monoisotopic (exact) mass is 451 g/mol. The van der Waals surface area contributed by atoms with E-state index in [0.717, 1.165) is 5.56 Å². The Balaban J connectivity index is 1.85. The van der Waals surface area contributed by atoms with Crippen molar-refractivity contribution in [3.8, 4) is 5.75 Å². The fourth-order valence-corrected chi connectivity index (χ4v) is 3.53. The lowest BCUT2D eigenvalue weighted by atomic mass is 10.0. The Bertz CT molecular complexity index is 1220. The molecule has 33 heavy (non-hydrogen) atoms. The molecule has 0 aliphatic heterocycles. The maximum absolute atomic E-state index is 13.0. The van der Waals surface area contributed by atoms with Gasteiger partial charge in [-0.2, -0.15) is 0 Å². The van der Waals surface area contributed by atoms with Gasteiger partial charge in [0.1, 0.15) is 23.4 Å². The van der Waals surface area contributed by atoms with E-state index >= 15 is 0 Å². The Morgan fingerprint density at radius 2 is 1.73 bits per heavy atom. The fraction of sp³-hybridized carbons (Fsp3) is 0.250. The predicted molar refractivity (Wildman–Crippen MR) is 122 cm³/mol. The molecule has 2 atom stereocenters. The first-order valence-electron chi connectivity index (χ1n) is 10.3. The molecule has 3 amide bonds. The molecule has 0 spiro atoms. The molecule has 0 radical (unpaired) electrons. The van der Waals surface area contributed by atoms with E-state index in [0.29, 0.717) is 16.7 Å². The molecule has 3 aromatic rings. The van der Waals surface area contributed by atoms with Crippen LogP contribution in [0.2, 0.25) is 0 Å². The summed E-state index contributed by atoms with van der Waals surface area (Å²) >= 11 is 0. The van der Waals surface area contributed by atoms with E-state index in [9.17, 15) is 19.2 Å². The van der Waals surface area contributed by atoms with Crippen molar-refractivity contribution in [1.29, 1.82) is 0 Å². The van der Waals surface area contributed by atoms with Gasteiger partial charge in [-0.15, -0.1) is 0 Å². The summed E-state index contributed by atoms with van der Waals surface area (Å²) < 4.78 is 10.4. The fourth-order valence-electron chi connectivity index (χ4n) is 3.53. The molecule has 0 bridgehead atoms. The van der Waals surface area contributed by atoms with Crippen molar-refractivity contribution in [3.63, 3.8) is 0 Å². The molecule has 0 aliphatic rings. The zero-order chi connectivity index (χ0) is 24.0. The third-order valence-electron chi connectivity index (χ3n) is 5.10. The second-order valence-corrected chi connectivity index (χ2v) is 7.56. The van der Waals surface area contributed by atoms with E-state index in [1.54, 1.807) is 18.2 Å². The van der Waals surface area contributed by atoms with E-state index in [1.165, 1.54) is 20.1 Å². The highest BCUT2D eigenvalue weighted by atomic mass is 16.5. The molecular formula is C24H25N3O6. The second kappa shape index (κ2) is 10.4. The minimum atomic E-state index is -1.11. The van der Waals surface area contributed by atoms with Gasteiger partial charge in [0, 0.05) is 37.3 Å². The average Bonchev–Trinajstić information content (AvgIpc) is 2.77. The van der Waals surface area contributed by atoms with Crippen molar-refractivity contribution in [3.05, 3.63) is 76.1 Å². The van der Waals surface area contributed by atoms with Gasteiger partial charge in [0.2, 0.25) is 17.7 Å². The van der Waals surface area contributed by atoms with Crippen LogP contribution in [-0.2, 0) is 27.2 Å². The second-order valence-electron chi connectivity index (χ2n) is 7.56. The molecule has 172 valence electrons. The molecule has 0 aliphatic carbocycles. The zero-order valence-electron chi connectivity index (χ0n) is 18.3. The molecule has 9 heteroatoms. The van der Waals surface area contributed by atoms with Crippen molar-refractivity contribution in [2.24, 2.45) is 5.73 Å². The largest absolute Gasteiger partial charge is 0.497 e. The van der Waals surface area contributed by atoms with Gasteiger partial charge < -0.3 is 25.5 Å². The minimum Gasteiger partial charge on any atom is -0.497 e. The molecule has 0 saturated heterocycles. The zero-order valence-corrected chi connectivity index (χ0v) is 18.3. The summed E-state index contributed by atoms with van der Waals surface area (Å²) in [7, 11) is 1.49. The van der Waals surface area contributed by atoms with Crippen LogP contribution in [-0.4, -0.2) is 36.9 Å². The van der Waals surface area contributed by atoms with Crippen LogP contribution in [0.3, 0.4) is 0 Å². The summed E-state index contributed by atoms with van der Waals surface area (Å²) in [4.78, 5) is 48.8. The van der Waals surface area contributed by atoms with Crippen LogP contribution in [0.1, 0.15) is 18.1 Å². The van der Waals surface area contributed by atoms with Crippen LogP contribution in [0.25, 0.3) is 11.0 Å². The van der Waals surface area contributed by atoms with Gasteiger partial charge in [0.25, 0.3) is 0 Å². The summed E-state index contributed by atoms with van der Waals surface area (Å²) in [6, 6.07) is 13.3. The van der Waals surface area contributed by atoms with E-state index in [1.807, 2.05) is 30.3 Å². The van der Waals surface area contributed by atoms with Gasteiger partial charge in [-0.25, -0.2) is 4.79 Å². The topological polar surface area (TPSA) is 141 Å². The number of rotatable bonds is 9. The third-order valence-corrected chi connectivity index (χ3v) is 5.10. The lowest BCUT2D eigenvalue weighted by Crippen LogP contribution is -2.54. The molecule has 2 aromatic carbocycles. The molecule has 9 nitrogen and oxygen atoms in total. The number of hydrogen-bond acceptors (Lipinski definition) is 6. The number of ether oxygens (including phenoxy) is 1. The SMILES string of the molecule is COc1ccc2c(C[C@H](NC(=O)[C@@H](Cc3ccccc3)NC(C)=O)C(N)=O)cc(=O)oc2c1. The minimum absolute atomic E-state index is 0.0341. The number of amides is 3. The van der Waals surface area contributed by atoms with Gasteiger partial charge in [-0.05, 0) is 23.3 Å². The summed E-state index contributed by atoms with van der Waals surface area (Å²) in [6.07, 6.45) is 0.197. The van der Waals surface area contributed by atoms with Crippen molar-refractivity contribution < 1.29 is 23.5 Å². The van der Waals surface area contributed by atoms with E-state index in [-0.39, 0.29) is 24.3 Å². The van der Waals surface area contributed by atoms with Crippen LogP contribution in [0, 0.1) is 0 Å². The van der Waals surface area contributed by atoms with Gasteiger partial charge in [-0.3, -0.25) is 14.4 Å². The third kappa shape index (κ3) is 6.19. The van der Waals surface area contributed by atoms with Crippen LogP contribution in [0.5, 0.6) is 5.75 Å². The lowest BCUT2D eigenvalue weighted by Gasteiger charge is -2.22. The number of methoxy groups -OCH3 is 1. The Kier molecular flexibility index (Phi) is 7.45. The number of fused-ring (bicyclic) bond motifs is 1. The number of primary amides is 1. The molecule has 0 saturated carbocycles. The molecule has 0 unspecified atom stereocenters. The predicted octanol–water partition coefficient (Wildman–Crippen LogP) is 1.06. The van der Waals surface area contributed by atoms with Gasteiger partial charge >= 0.3 is 5.63 Å². The number of carbonyl (C=O) groups excluding carboxylic acids is 3. The molecule has 3 rings (SSSR count). The van der Waals surface area contributed by atoms with Crippen LogP contribution < -0.4 is 26.7 Å². The smallest absolute Gasteiger partial charge is 0.336 e. The summed E-state index contributed by atoms with van der Waals surface area (Å²) in [5.74, 6) is -1.23. The quantitative estimate of drug-likeness (QED) is 0.416. The van der Waals surface area contributed by atoms with Crippen molar-refractivity contribution in [1.82, 2.24) is 10.6 Å². The van der Waals surface area contributed by atoms with Gasteiger partial charge in [0.05, 0.1) is 7.11 Å². The first kappa shape index (κ1) is 23.5. The van der Waals surface area contributed by atoms with E-state index < -0.39 is 29.5 Å². The summed E-state index contributed by atoms with van der Waals surface area (Å²) in [5.41, 5.74) is 6.54. The van der Waals surface area contributed by atoms with Crippen molar-refractivity contribution in [2.45, 2.75) is 31.8 Å². The molecular weight excluding hydrogens is 426 g/mol. The molecule has 1 heterocycles. The number of nitrogens with two attached hydrogens (primary N) is 1. The number of hydrogen-bond donors (Lipinski definition) is 3. The normalized spacial score (nSPS) is 12.5. The first-order chi connectivity index (χ1) is 15.8. The van der Waals surface area contributed by atoms with Gasteiger partial charge in [0.15, 0.2) is 0 Å². The Hall–Kier alpha value is -4.14. The van der Waals surface area contributed by atoms with Crippen molar-refractivity contribution in [2.75, 3.05) is 7.11 Å². The standard InChI is InChI=1S/C24H25N3O6/c1-14(28)26-20(10-15-6-4-3-5-7-15)24(31)27-19(23(25)30)11-16-12-22(29)33-21-13-17(32-2)8-9-18(16)21/h3-9,12-13,19-20H,10-11H2,1-2H3,(H2,25,30)(H,26,28)(H,27,31)/t19-,20+/m0/s1. The highest BCUT2D eigenvalue weighted by molar-refractivity contribution is 5.92. The molecule has 4 N–H and O–H groups in total. The first-order valence-corrected chi connectivity index (χ1v) is 10.3. The molecule has 0 fully saturated rings. The highest BCUT2D eigenvalue weighted by Gasteiger charge is 2.26. The van der Waals surface area contributed by atoms with E-state index in [4.69, 9.17) is 14.9 Å². The summed E-state index contributed by atoms with van der Waals surface area (Å²) in [6.45, 7) is 1.31. The Morgan fingerprint density at radius 1 is 1.00 bits per heavy atom. The highest BCUT2D eigenvalue weighted by Crippen LogP contribution is 2.23. The van der Waals surface area contributed by atoms with E-state index in [2.05, 4.69) is 10.6 Å². The van der Waals surface area contributed by atoms with Crippen LogP contribution in [0.15, 0.2) is 63.8 Å².